The lowest BCUT2D eigenvalue weighted by molar-refractivity contribution is -0.123. The highest BCUT2D eigenvalue weighted by Crippen LogP contribution is 2.44. The Morgan fingerprint density at radius 1 is 1.32 bits per heavy atom. The van der Waals surface area contributed by atoms with E-state index in [9.17, 15) is 4.79 Å². The maximum Gasteiger partial charge on any atom is 0.236 e. The molecule has 1 N–H and O–H groups in total. The third kappa shape index (κ3) is 1.86. The summed E-state index contributed by atoms with van der Waals surface area (Å²) in [6.45, 7) is 8.59. The van der Waals surface area contributed by atoms with Gasteiger partial charge in [-0.15, -0.1) is 0 Å². The minimum atomic E-state index is -0.391. The van der Waals surface area contributed by atoms with Crippen LogP contribution < -0.4 is 5.32 Å². The zero-order chi connectivity index (χ0) is 13.7. The summed E-state index contributed by atoms with van der Waals surface area (Å²) in [7, 11) is 0. The summed E-state index contributed by atoms with van der Waals surface area (Å²) >= 11 is 0. The smallest absolute Gasteiger partial charge is 0.236 e. The highest BCUT2D eigenvalue weighted by molar-refractivity contribution is 6.05. The van der Waals surface area contributed by atoms with Crippen LogP contribution in [0.4, 0.5) is 5.69 Å². The van der Waals surface area contributed by atoms with Crippen LogP contribution >= 0.6 is 0 Å². The molecule has 0 bridgehead atoms. The van der Waals surface area contributed by atoms with Crippen LogP contribution in [0.2, 0.25) is 0 Å². The molecular formula is C15H21N3O. The number of fused-ring (bicyclic) bond motifs is 2. The van der Waals surface area contributed by atoms with E-state index >= 15 is 0 Å². The van der Waals surface area contributed by atoms with Gasteiger partial charge in [0.1, 0.15) is 0 Å². The molecule has 2 aliphatic heterocycles. The number of nitrogens with one attached hydrogen (secondary N) is 1. The molecule has 19 heavy (non-hydrogen) atoms. The summed E-state index contributed by atoms with van der Waals surface area (Å²) in [6.07, 6.45) is 3.51. The van der Waals surface area contributed by atoms with Gasteiger partial charge in [-0.1, -0.05) is 0 Å². The molecule has 0 unspecified atom stereocenters. The van der Waals surface area contributed by atoms with E-state index in [1.54, 1.807) is 6.20 Å². The van der Waals surface area contributed by atoms with Crippen molar-refractivity contribution in [3.8, 4) is 0 Å². The van der Waals surface area contributed by atoms with Gasteiger partial charge in [0.05, 0.1) is 16.8 Å². The molecule has 0 atom stereocenters. The molecule has 0 aliphatic carbocycles. The van der Waals surface area contributed by atoms with E-state index in [1.807, 2.05) is 12.1 Å². The number of rotatable bonds is 0. The van der Waals surface area contributed by atoms with Crippen molar-refractivity contribution in [1.29, 1.82) is 0 Å². The second kappa shape index (κ2) is 4.04. The van der Waals surface area contributed by atoms with Crippen molar-refractivity contribution in [2.45, 2.75) is 44.6 Å². The van der Waals surface area contributed by atoms with E-state index in [0.717, 1.165) is 37.3 Å². The summed E-state index contributed by atoms with van der Waals surface area (Å²) in [5.41, 5.74) is 1.63. The molecule has 3 heterocycles. The van der Waals surface area contributed by atoms with E-state index in [0.29, 0.717) is 0 Å². The summed E-state index contributed by atoms with van der Waals surface area (Å²) in [5.74, 6) is 0.134. The number of piperidine rings is 1. The molecule has 1 aromatic heterocycles. The molecule has 1 aromatic rings. The third-order valence-electron chi connectivity index (χ3n) is 4.51. The number of anilines is 1. The second-order valence-corrected chi connectivity index (χ2v) is 6.59. The SMILES string of the molecule is CC(C)(C)N1CCC2(CC1)C(=O)Nc1cccnc12. The molecule has 0 radical (unpaired) electrons. The third-order valence-corrected chi connectivity index (χ3v) is 4.51. The number of hydrogen-bond donors (Lipinski definition) is 1. The summed E-state index contributed by atoms with van der Waals surface area (Å²) in [6, 6.07) is 3.83. The topological polar surface area (TPSA) is 45.2 Å². The average molecular weight is 259 g/mol. The van der Waals surface area contributed by atoms with Gasteiger partial charge in [-0.3, -0.25) is 14.7 Å². The van der Waals surface area contributed by atoms with Crippen molar-refractivity contribution in [2.24, 2.45) is 0 Å². The number of aromatic nitrogens is 1. The number of hydrogen-bond acceptors (Lipinski definition) is 3. The molecule has 1 spiro atoms. The average Bonchev–Trinajstić information content (AvgIpc) is 2.63. The Bertz CT molecular complexity index is 510. The second-order valence-electron chi connectivity index (χ2n) is 6.59. The maximum absolute atomic E-state index is 12.4. The first-order valence-corrected chi connectivity index (χ1v) is 6.95. The number of carbonyl (C=O) groups excluding carboxylic acids is 1. The predicted molar refractivity (Wildman–Crippen MR) is 75.1 cm³/mol. The monoisotopic (exact) mass is 259 g/mol. The van der Waals surface area contributed by atoms with E-state index in [1.165, 1.54) is 0 Å². The highest BCUT2D eigenvalue weighted by atomic mass is 16.2. The Hall–Kier alpha value is -1.42. The number of carbonyl (C=O) groups is 1. The Labute approximate surface area is 114 Å². The largest absolute Gasteiger partial charge is 0.324 e. The van der Waals surface area contributed by atoms with Gasteiger partial charge in [0.2, 0.25) is 5.91 Å². The van der Waals surface area contributed by atoms with E-state index < -0.39 is 5.41 Å². The van der Waals surface area contributed by atoms with Crippen LogP contribution in [-0.2, 0) is 10.2 Å². The van der Waals surface area contributed by atoms with Gasteiger partial charge in [0.15, 0.2) is 0 Å². The number of likely N-dealkylation sites (tertiary alicyclic amines) is 1. The van der Waals surface area contributed by atoms with Crippen molar-refractivity contribution in [1.82, 2.24) is 9.88 Å². The van der Waals surface area contributed by atoms with E-state index in [4.69, 9.17) is 0 Å². The minimum Gasteiger partial charge on any atom is -0.324 e. The highest BCUT2D eigenvalue weighted by Gasteiger charge is 2.50. The maximum atomic E-state index is 12.4. The van der Waals surface area contributed by atoms with Crippen molar-refractivity contribution < 1.29 is 4.79 Å². The zero-order valence-electron chi connectivity index (χ0n) is 11.9. The van der Waals surface area contributed by atoms with Crippen molar-refractivity contribution >= 4 is 11.6 Å². The predicted octanol–water partition coefficient (Wildman–Crippen LogP) is 2.17. The van der Waals surface area contributed by atoms with Gasteiger partial charge in [0, 0.05) is 24.8 Å². The van der Waals surface area contributed by atoms with Crippen LogP contribution in [0.15, 0.2) is 18.3 Å². The van der Waals surface area contributed by atoms with Gasteiger partial charge >= 0.3 is 0 Å². The molecule has 4 nitrogen and oxygen atoms in total. The first-order valence-electron chi connectivity index (χ1n) is 6.95. The molecule has 102 valence electrons. The molecule has 1 fully saturated rings. The number of amides is 1. The fourth-order valence-corrected chi connectivity index (χ4v) is 3.26. The van der Waals surface area contributed by atoms with Crippen LogP contribution in [0.25, 0.3) is 0 Å². The van der Waals surface area contributed by atoms with Gasteiger partial charge in [-0.2, -0.15) is 0 Å². The standard InChI is InChI=1S/C15H21N3O/c1-14(2,3)18-9-6-15(7-10-18)12-11(17-13(15)19)5-4-8-16-12/h4-5,8H,6-7,9-10H2,1-3H3,(H,17,19). The van der Waals surface area contributed by atoms with Crippen LogP contribution in [-0.4, -0.2) is 34.4 Å². The fourth-order valence-electron chi connectivity index (χ4n) is 3.26. The zero-order valence-corrected chi connectivity index (χ0v) is 11.9. The summed E-state index contributed by atoms with van der Waals surface area (Å²) < 4.78 is 0. The molecule has 3 rings (SSSR count). The Morgan fingerprint density at radius 3 is 2.63 bits per heavy atom. The Morgan fingerprint density at radius 2 is 2.00 bits per heavy atom. The summed E-state index contributed by atoms with van der Waals surface area (Å²) in [5, 5.41) is 2.99. The molecule has 1 amide bonds. The van der Waals surface area contributed by atoms with Gasteiger partial charge in [-0.25, -0.2) is 0 Å². The molecule has 0 aromatic carbocycles. The van der Waals surface area contributed by atoms with Gasteiger partial charge in [0.25, 0.3) is 0 Å². The van der Waals surface area contributed by atoms with Crippen LogP contribution in [0.3, 0.4) is 0 Å². The Balaban J connectivity index is 1.89. The minimum absolute atomic E-state index is 0.134. The molecule has 0 saturated carbocycles. The van der Waals surface area contributed by atoms with Crippen molar-refractivity contribution in [2.75, 3.05) is 18.4 Å². The first kappa shape index (κ1) is 12.6. The van der Waals surface area contributed by atoms with Crippen molar-refractivity contribution in [3.05, 3.63) is 24.0 Å². The number of pyridine rings is 1. The molecular weight excluding hydrogens is 238 g/mol. The van der Waals surface area contributed by atoms with Gasteiger partial charge < -0.3 is 5.32 Å². The lowest BCUT2D eigenvalue weighted by atomic mass is 9.75. The molecule has 1 saturated heterocycles. The summed E-state index contributed by atoms with van der Waals surface area (Å²) in [4.78, 5) is 19.3. The van der Waals surface area contributed by atoms with Crippen LogP contribution in [0, 0.1) is 0 Å². The van der Waals surface area contributed by atoms with Gasteiger partial charge in [-0.05, 0) is 45.7 Å². The lowest BCUT2D eigenvalue weighted by Crippen LogP contribution is -2.52. The van der Waals surface area contributed by atoms with E-state index in [-0.39, 0.29) is 11.4 Å². The Kier molecular flexibility index (Phi) is 2.68. The fraction of sp³-hybridized carbons (Fsp3) is 0.600. The lowest BCUT2D eigenvalue weighted by Gasteiger charge is -2.43. The quantitative estimate of drug-likeness (QED) is 0.776. The number of nitrogens with zero attached hydrogens (tertiary/aromatic N) is 2. The van der Waals surface area contributed by atoms with Crippen LogP contribution in [0.5, 0.6) is 0 Å². The normalized spacial score (nSPS) is 22.4. The van der Waals surface area contributed by atoms with Crippen LogP contribution in [0.1, 0.15) is 39.3 Å². The van der Waals surface area contributed by atoms with Crippen molar-refractivity contribution in [3.63, 3.8) is 0 Å². The molecule has 2 aliphatic rings. The first-order chi connectivity index (χ1) is 8.93. The molecule has 4 heteroatoms. The van der Waals surface area contributed by atoms with E-state index in [2.05, 4.69) is 36.0 Å².